The van der Waals surface area contributed by atoms with Crippen LogP contribution in [-0.2, 0) is 0 Å². The summed E-state index contributed by atoms with van der Waals surface area (Å²) in [6, 6.07) is 0. The molecule has 1 aliphatic rings. The summed E-state index contributed by atoms with van der Waals surface area (Å²) in [5.74, 6) is 0. The fraction of sp³-hybridized carbons (Fsp3) is 1.00. The van der Waals surface area contributed by atoms with Crippen molar-refractivity contribution in [3.63, 3.8) is 0 Å². The minimum absolute atomic E-state index is 1.14. The van der Waals surface area contributed by atoms with Crippen LogP contribution in [0.4, 0.5) is 0 Å². The molecule has 0 saturated carbocycles. The zero-order valence-corrected chi connectivity index (χ0v) is 7.36. The Balaban J connectivity index is 0. The highest BCUT2D eigenvalue weighted by Gasteiger charge is 1.91. The van der Waals surface area contributed by atoms with Crippen molar-refractivity contribution in [2.45, 2.75) is 0 Å². The van der Waals surface area contributed by atoms with Gasteiger partial charge in [0.25, 0.3) is 0 Å². The maximum absolute atomic E-state index is 8.47. The standard InChI is InChI=1S/C4H10N2.2HN2O2/c1-2-6-4-3-5-1;2*1-2(3)4/h5-6H,1-4H2;2*(H-,1,3,4)/q;2*-1. The fourth-order valence-corrected chi connectivity index (χ4v) is 0.604. The molecule has 10 nitrogen and oxygen atoms in total. The van der Waals surface area contributed by atoms with Crippen molar-refractivity contribution in [2.75, 3.05) is 26.2 Å². The third kappa shape index (κ3) is 48.0. The normalized spacial score (nSPS) is 13.7. The molecule has 0 aromatic heterocycles. The Hall–Kier alpha value is -1.68. The molecular weight excluding hydrogens is 196 g/mol. The van der Waals surface area contributed by atoms with Gasteiger partial charge in [0.05, 0.1) is 0 Å². The van der Waals surface area contributed by atoms with Crippen LogP contribution in [0.5, 0.6) is 0 Å². The van der Waals surface area contributed by atoms with E-state index in [9.17, 15) is 0 Å². The smallest absolute Gasteiger partial charge is 0.00772 e. The fourth-order valence-electron chi connectivity index (χ4n) is 0.604. The van der Waals surface area contributed by atoms with E-state index in [-0.39, 0.29) is 0 Å². The Morgan fingerprint density at radius 3 is 0.929 bits per heavy atom. The van der Waals surface area contributed by atoms with Crippen LogP contribution in [-0.4, -0.2) is 36.2 Å². The van der Waals surface area contributed by atoms with Crippen LogP contribution in [0, 0.1) is 31.9 Å². The van der Waals surface area contributed by atoms with E-state index in [4.69, 9.17) is 31.9 Å². The highest BCUT2D eigenvalue weighted by molar-refractivity contribution is 4.59. The monoisotopic (exact) mass is 208 g/mol. The van der Waals surface area contributed by atoms with Gasteiger partial charge in [0.15, 0.2) is 0 Å². The van der Waals surface area contributed by atoms with Crippen LogP contribution >= 0.6 is 0 Å². The molecule has 84 valence electrons. The van der Waals surface area contributed by atoms with E-state index in [1.165, 1.54) is 0 Å². The lowest BCUT2D eigenvalue weighted by Gasteiger charge is -2.11. The average Bonchev–Trinajstić information content (AvgIpc) is 2.05. The molecule has 0 atom stereocenters. The molecule has 1 saturated heterocycles. The molecule has 10 heteroatoms. The Morgan fingerprint density at radius 1 is 0.714 bits per heavy atom. The highest BCUT2D eigenvalue weighted by atomic mass is 16.8. The molecule has 0 aromatic rings. The number of piperazine rings is 1. The molecular formula is C4H12N6O4-2. The maximum Gasteiger partial charge on any atom is 0.00772 e. The van der Waals surface area contributed by atoms with Gasteiger partial charge in [-0.15, -0.1) is 0 Å². The second-order valence-corrected chi connectivity index (χ2v) is 2.01. The number of nitrogens with one attached hydrogen (secondary N) is 4. The summed E-state index contributed by atoms with van der Waals surface area (Å²) in [5.41, 5.74) is 10.6. The third-order valence-electron chi connectivity index (χ3n) is 0.957. The van der Waals surface area contributed by atoms with Crippen molar-refractivity contribution in [1.82, 2.24) is 10.6 Å². The maximum atomic E-state index is 8.47. The van der Waals surface area contributed by atoms with E-state index in [1.807, 2.05) is 0 Å². The van der Waals surface area contributed by atoms with Crippen molar-refractivity contribution in [3.05, 3.63) is 20.8 Å². The Labute approximate surface area is 79.8 Å². The van der Waals surface area contributed by atoms with Gasteiger partial charge in [-0.2, -0.15) is 0 Å². The summed E-state index contributed by atoms with van der Waals surface area (Å²) in [4.78, 5) is 0. The Morgan fingerprint density at radius 2 is 0.857 bits per heavy atom. The molecule has 4 N–H and O–H groups in total. The van der Waals surface area contributed by atoms with Crippen LogP contribution in [0.3, 0.4) is 0 Å². The molecule has 0 unspecified atom stereocenters. The SMILES string of the molecule is C1CNCCN1.N=[N+]([O-])[O-].N=[N+]([O-])[O-]. The number of rotatable bonds is 0. The second-order valence-electron chi connectivity index (χ2n) is 2.01. The predicted molar refractivity (Wildman–Crippen MR) is 45.2 cm³/mol. The molecule has 1 aliphatic heterocycles. The molecule has 0 bridgehead atoms. The highest BCUT2D eigenvalue weighted by Crippen LogP contribution is 1.65. The number of hydrogen-bond acceptors (Lipinski definition) is 8. The minimum Gasteiger partial charge on any atom is -0.588 e. The van der Waals surface area contributed by atoms with Crippen LogP contribution in [0.1, 0.15) is 0 Å². The van der Waals surface area contributed by atoms with Crippen LogP contribution in [0.15, 0.2) is 0 Å². The predicted octanol–water partition coefficient (Wildman–Crippen LogP) is -0.770. The van der Waals surface area contributed by atoms with E-state index < -0.39 is 10.0 Å². The van der Waals surface area contributed by atoms with E-state index in [0.29, 0.717) is 0 Å². The lowest BCUT2D eigenvalue weighted by atomic mass is 10.4. The van der Waals surface area contributed by atoms with Gasteiger partial charge in [0.1, 0.15) is 0 Å². The average molecular weight is 208 g/mol. The van der Waals surface area contributed by atoms with Crippen molar-refractivity contribution in [3.8, 4) is 0 Å². The van der Waals surface area contributed by atoms with Gasteiger partial charge < -0.3 is 31.5 Å². The van der Waals surface area contributed by atoms with Crippen molar-refractivity contribution in [2.24, 2.45) is 0 Å². The summed E-state index contributed by atoms with van der Waals surface area (Å²) in [7, 11) is 0. The molecule has 0 spiro atoms. The summed E-state index contributed by atoms with van der Waals surface area (Å²) < 4.78 is 0. The van der Waals surface area contributed by atoms with Gasteiger partial charge >= 0.3 is 0 Å². The minimum atomic E-state index is -1.25. The van der Waals surface area contributed by atoms with Crippen molar-refractivity contribution < 1.29 is 10.0 Å². The number of hydrogen-bond donors (Lipinski definition) is 4. The lowest BCUT2D eigenvalue weighted by Crippen LogP contribution is -2.39. The first kappa shape index (κ1) is 14.8. The van der Waals surface area contributed by atoms with Gasteiger partial charge in [0, 0.05) is 26.2 Å². The summed E-state index contributed by atoms with van der Waals surface area (Å²) in [6.45, 7) is 4.56. The molecule has 0 radical (unpaired) electrons. The summed E-state index contributed by atoms with van der Waals surface area (Å²) in [5, 5.41) is 37.8. The topological polar surface area (TPSA) is 170 Å². The van der Waals surface area contributed by atoms with Crippen LogP contribution < -0.4 is 10.6 Å². The quantitative estimate of drug-likeness (QED) is 0.300. The van der Waals surface area contributed by atoms with E-state index in [2.05, 4.69) is 10.6 Å². The summed E-state index contributed by atoms with van der Waals surface area (Å²) in [6.07, 6.45) is 0. The Bertz CT molecular complexity index is 128. The lowest BCUT2D eigenvalue weighted by molar-refractivity contribution is -0.482. The van der Waals surface area contributed by atoms with E-state index in [0.717, 1.165) is 26.2 Å². The van der Waals surface area contributed by atoms with Gasteiger partial charge in [0.2, 0.25) is 0 Å². The Kier molecular flexibility index (Phi) is 12.0. The first-order valence-electron chi connectivity index (χ1n) is 3.59. The van der Waals surface area contributed by atoms with Gasteiger partial charge in [-0.25, -0.2) is 0 Å². The van der Waals surface area contributed by atoms with Gasteiger partial charge in [-0.1, -0.05) is 10.0 Å². The van der Waals surface area contributed by atoms with Crippen LogP contribution in [0.25, 0.3) is 0 Å². The zero-order valence-electron chi connectivity index (χ0n) is 7.36. The third-order valence-corrected chi connectivity index (χ3v) is 0.957. The molecule has 0 aromatic carbocycles. The first-order chi connectivity index (χ1) is 6.46. The number of nitrogens with zero attached hydrogens (tertiary/aromatic N) is 2. The van der Waals surface area contributed by atoms with Crippen molar-refractivity contribution in [1.29, 1.82) is 11.1 Å². The van der Waals surface area contributed by atoms with E-state index >= 15 is 0 Å². The van der Waals surface area contributed by atoms with Gasteiger partial charge in [-0.3, -0.25) is 0 Å². The van der Waals surface area contributed by atoms with Crippen LogP contribution in [0.2, 0.25) is 0 Å². The molecule has 0 aliphatic carbocycles. The van der Waals surface area contributed by atoms with Gasteiger partial charge in [-0.05, 0) is 11.1 Å². The zero-order chi connectivity index (χ0) is 11.4. The first-order valence-corrected chi connectivity index (χ1v) is 3.59. The largest absolute Gasteiger partial charge is 0.588 e. The molecule has 1 heterocycles. The molecule has 14 heavy (non-hydrogen) atoms. The second kappa shape index (κ2) is 11.3. The summed E-state index contributed by atoms with van der Waals surface area (Å²) >= 11 is 0. The molecule has 1 fully saturated rings. The molecule has 0 amide bonds. The van der Waals surface area contributed by atoms with E-state index in [1.54, 1.807) is 0 Å². The molecule has 1 rings (SSSR count). The van der Waals surface area contributed by atoms with Crippen molar-refractivity contribution >= 4 is 0 Å².